The zero-order chi connectivity index (χ0) is 21.1. The highest BCUT2D eigenvalue weighted by Crippen LogP contribution is 2.33. The molecule has 29 heavy (non-hydrogen) atoms. The van der Waals surface area contributed by atoms with E-state index in [9.17, 15) is 20.0 Å². The van der Waals surface area contributed by atoms with Gasteiger partial charge in [-0.05, 0) is 23.0 Å². The Hall–Kier alpha value is -3.40. The highest BCUT2D eigenvalue weighted by atomic mass is 16.6. The molecule has 10 nitrogen and oxygen atoms in total. The number of nitrogens with one attached hydrogen (secondary N) is 1. The number of hydrogen-bond acceptors (Lipinski definition) is 7. The topological polar surface area (TPSA) is 133 Å². The molecule has 0 unspecified atom stereocenters. The molecule has 2 N–H and O–H groups in total. The van der Waals surface area contributed by atoms with E-state index < -0.39 is 10.9 Å². The smallest absolute Gasteiger partial charge is 0.372 e. The van der Waals surface area contributed by atoms with Crippen molar-refractivity contribution in [1.82, 2.24) is 14.9 Å². The van der Waals surface area contributed by atoms with Gasteiger partial charge in [-0.3, -0.25) is 0 Å². The fourth-order valence-electron chi connectivity index (χ4n) is 3.37. The summed E-state index contributed by atoms with van der Waals surface area (Å²) in [6.45, 7) is 4.63. The Morgan fingerprint density at radius 3 is 2.83 bits per heavy atom. The third kappa shape index (κ3) is 3.92. The summed E-state index contributed by atoms with van der Waals surface area (Å²) in [4.78, 5) is 26.3. The third-order valence-electron chi connectivity index (χ3n) is 4.79. The summed E-state index contributed by atoms with van der Waals surface area (Å²) in [6, 6.07) is 3.54. The standard InChI is InChI=1S/C19H22N4O6/c1-4-12-7-13(28-3)8-15-17(12)14(18(29-15)19(24)25)9-20-5-6-22-11(2)21-10-16(22)23(26)27/h7-8,10,20H,4-6,9H2,1-3H3,(H,24,25). The summed E-state index contributed by atoms with van der Waals surface area (Å²) >= 11 is 0. The number of methoxy groups -OCH3 is 1. The van der Waals surface area contributed by atoms with E-state index in [1.807, 2.05) is 13.0 Å². The Morgan fingerprint density at radius 1 is 1.45 bits per heavy atom. The number of benzene rings is 1. The molecule has 0 aliphatic heterocycles. The average Bonchev–Trinajstić information content (AvgIpc) is 3.25. The summed E-state index contributed by atoms with van der Waals surface area (Å²) in [6.07, 6.45) is 1.90. The second kappa shape index (κ2) is 8.31. The van der Waals surface area contributed by atoms with Crippen LogP contribution in [-0.2, 0) is 19.5 Å². The predicted molar refractivity (Wildman–Crippen MR) is 104 cm³/mol. The van der Waals surface area contributed by atoms with Crippen molar-refractivity contribution in [2.75, 3.05) is 13.7 Å². The molecule has 2 aromatic heterocycles. The van der Waals surface area contributed by atoms with Crippen molar-refractivity contribution < 1.29 is 24.0 Å². The Morgan fingerprint density at radius 2 is 2.21 bits per heavy atom. The van der Waals surface area contributed by atoms with Gasteiger partial charge in [-0.1, -0.05) is 6.92 Å². The highest BCUT2D eigenvalue weighted by molar-refractivity contribution is 5.97. The van der Waals surface area contributed by atoms with Crippen molar-refractivity contribution in [3.63, 3.8) is 0 Å². The van der Waals surface area contributed by atoms with Gasteiger partial charge in [0.2, 0.25) is 5.76 Å². The average molecular weight is 402 g/mol. The molecule has 0 spiro atoms. The van der Waals surface area contributed by atoms with Crippen molar-refractivity contribution in [3.8, 4) is 5.75 Å². The first kappa shape index (κ1) is 20.3. The monoisotopic (exact) mass is 402 g/mol. The van der Waals surface area contributed by atoms with E-state index >= 15 is 0 Å². The zero-order valence-electron chi connectivity index (χ0n) is 16.4. The number of aromatic carboxylic acids is 1. The van der Waals surface area contributed by atoms with E-state index in [1.165, 1.54) is 10.8 Å². The quantitative estimate of drug-likeness (QED) is 0.317. The molecule has 3 aromatic rings. The van der Waals surface area contributed by atoms with E-state index in [0.29, 0.717) is 42.2 Å². The summed E-state index contributed by atoms with van der Waals surface area (Å²) in [5.74, 6) is -0.216. The van der Waals surface area contributed by atoms with Crippen LogP contribution in [0.4, 0.5) is 5.82 Å². The number of nitro groups is 1. The zero-order valence-corrected chi connectivity index (χ0v) is 16.4. The number of carbonyl (C=O) groups is 1. The van der Waals surface area contributed by atoms with Crippen LogP contribution in [0.2, 0.25) is 0 Å². The maximum atomic E-state index is 11.7. The molecule has 0 amide bonds. The van der Waals surface area contributed by atoms with E-state index in [4.69, 9.17) is 9.15 Å². The fraction of sp³-hybridized carbons (Fsp3) is 0.368. The van der Waals surface area contributed by atoms with E-state index in [-0.39, 0.29) is 18.1 Å². The number of ether oxygens (including phenoxy) is 1. The lowest BCUT2D eigenvalue weighted by Gasteiger charge is -2.08. The number of aryl methyl sites for hydroxylation is 2. The molecule has 0 atom stereocenters. The Kier molecular flexibility index (Phi) is 5.83. The van der Waals surface area contributed by atoms with Gasteiger partial charge in [0.05, 0.1) is 7.11 Å². The number of aromatic nitrogens is 2. The Bertz CT molecular complexity index is 1070. The number of carboxylic acids is 1. The Balaban J connectivity index is 1.84. The van der Waals surface area contributed by atoms with Crippen molar-refractivity contribution in [2.24, 2.45) is 0 Å². The molecule has 0 aliphatic rings. The Labute approximate surface area is 166 Å². The third-order valence-corrected chi connectivity index (χ3v) is 4.79. The molecule has 10 heteroatoms. The molecular weight excluding hydrogens is 380 g/mol. The van der Waals surface area contributed by atoms with Crippen LogP contribution in [0.3, 0.4) is 0 Å². The number of imidazole rings is 1. The minimum Gasteiger partial charge on any atom is -0.497 e. The molecule has 0 saturated carbocycles. The first-order chi connectivity index (χ1) is 13.9. The van der Waals surface area contributed by atoms with Crippen LogP contribution in [0.1, 0.15) is 34.4 Å². The predicted octanol–water partition coefficient (Wildman–Crippen LogP) is 2.90. The van der Waals surface area contributed by atoms with Crippen molar-refractivity contribution in [2.45, 2.75) is 33.4 Å². The van der Waals surface area contributed by atoms with Gasteiger partial charge in [0.1, 0.15) is 24.1 Å². The number of furan rings is 1. The van der Waals surface area contributed by atoms with Crippen LogP contribution < -0.4 is 10.1 Å². The minimum absolute atomic E-state index is 0.0790. The van der Waals surface area contributed by atoms with Gasteiger partial charge in [-0.2, -0.15) is 0 Å². The molecule has 154 valence electrons. The molecule has 0 saturated heterocycles. The van der Waals surface area contributed by atoms with E-state index in [2.05, 4.69) is 10.3 Å². The lowest BCUT2D eigenvalue weighted by atomic mass is 10.0. The summed E-state index contributed by atoms with van der Waals surface area (Å²) in [7, 11) is 1.54. The van der Waals surface area contributed by atoms with Crippen LogP contribution in [-0.4, -0.2) is 39.2 Å². The number of fused-ring (bicyclic) bond motifs is 1. The molecule has 1 aromatic carbocycles. The second-order valence-corrected chi connectivity index (χ2v) is 6.48. The molecule has 2 heterocycles. The first-order valence-corrected chi connectivity index (χ1v) is 9.10. The normalized spacial score (nSPS) is 11.1. The molecule has 0 aliphatic carbocycles. The largest absolute Gasteiger partial charge is 0.497 e. The van der Waals surface area contributed by atoms with Gasteiger partial charge in [0.15, 0.2) is 5.82 Å². The number of carboxylic acid groups (broad SMARTS) is 1. The van der Waals surface area contributed by atoms with Gasteiger partial charge in [-0.25, -0.2) is 14.3 Å². The summed E-state index contributed by atoms with van der Waals surface area (Å²) < 4.78 is 12.4. The summed E-state index contributed by atoms with van der Waals surface area (Å²) in [5, 5.41) is 24.6. The van der Waals surface area contributed by atoms with Gasteiger partial charge >= 0.3 is 11.8 Å². The van der Waals surface area contributed by atoms with Crippen molar-refractivity contribution in [3.05, 3.63) is 51.2 Å². The molecule has 3 rings (SSSR count). The van der Waals surface area contributed by atoms with Crippen LogP contribution in [0.25, 0.3) is 11.0 Å². The lowest BCUT2D eigenvalue weighted by molar-refractivity contribution is -0.392. The van der Waals surface area contributed by atoms with Crippen LogP contribution in [0.15, 0.2) is 22.7 Å². The van der Waals surface area contributed by atoms with E-state index in [0.717, 1.165) is 10.9 Å². The molecule has 0 bridgehead atoms. The van der Waals surface area contributed by atoms with Crippen LogP contribution in [0, 0.1) is 17.0 Å². The highest BCUT2D eigenvalue weighted by Gasteiger charge is 2.23. The summed E-state index contributed by atoms with van der Waals surface area (Å²) in [5.41, 5.74) is 1.92. The van der Waals surface area contributed by atoms with E-state index in [1.54, 1.807) is 20.1 Å². The molecule has 0 radical (unpaired) electrons. The van der Waals surface area contributed by atoms with Crippen molar-refractivity contribution in [1.29, 1.82) is 0 Å². The van der Waals surface area contributed by atoms with Gasteiger partial charge < -0.3 is 29.7 Å². The minimum atomic E-state index is -1.15. The lowest BCUT2D eigenvalue weighted by Crippen LogP contribution is -2.21. The maximum Gasteiger partial charge on any atom is 0.372 e. The second-order valence-electron chi connectivity index (χ2n) is 6.48. The van der Waals surface area contributed by atoms with Crippen LogP contribution in [0.5, 0.6) is 5.75 Å². The molecule has 0 fully saturated rings. The maximum absolute atomic E-state index is 11.7. The number of nitrogens with zero attached hydrogens (tertiary/aromatic N) is 3. The SMILES string of the molecule is CCc1cc(OC)cc2oc(C(=O)O)c(CNCCn3c([N+](=O)[O-])cnc3C)c12. The fourth-order valence-corrected chi connectivity index (χ4v) is 3.37. The van der Waals surface area contributed by atoms with Crippen molar-refractivity contribution >= 4 is 22.8 Å². The number of hydrogen-bond donors (Lipinski definition) is 2. The van der Waals surface area contributed by atoms with Gasteiger partial charge in [0.25, 0.3) is 0 Å². The van der Waals surface area contributed by atoms with Crippen LogP contribution >= 0.6 is 0 Å². The van der Waals surface area contributed by atoms with Gasteiger partial charge in [0, 0.05) is 37.0 Å². The molecular formula is C19H22N4O6. The van der Waals surface area contributed by atoms with Gasteiger partial charge in [-0.15, -0.1) is 0 Å². The number of rotatable bonds is 9. The first-order valence-electron chi connectivity index (χ1n) is 9.10.